The Morgan fingerprint density at radius 2 is 2.00 bits per heavy atom. The highest BCUT2D eigenvalue weighted by Crippen LogP contribution is 2.55. The molecule has 2 heterocycles. The molecule has 0 bridgehead atoms. The Hall–Kier alpha value is -0.980. The summed E-state index contributed by atoms with van der Waals surface area (Å²) in [5, 5.41) is 10.5. The van der Waals surface area contributed by atoms with Crippen LogP contribution in [0.15, 0.2) is 23.4 Å². The Balaban J connectivity index is 1.72. The van der Waals surface area contributed by atoms with Gasteiger partial charge in [0.1, 0.15) is 4.90 Å². The maximum absolute atomic E-state index is 12.8. The summed E-state index contributed by atoms with van der Waals surface area (Å²) in [6.07, 6.45) is 5.27. The molecule has 0 radical (unpaired) electrons. The Labute approximate surface area is 138 Å². The Kier molecular flexibility index (Phi) is 4.27. The summed E-state index contributed by atoms with van der Waals surface area (Å²) in [6, 6.07) is 1.72. The summed E-state index contributed by atoms with van der Waals surface area (Å²) in [5.74, 6) is 0.842. The van der Waals surface area contributed by atoms with Gasteiger partial charge in [-0.3, -0.25) is 4.98 Å². The summed E-state index contributed by atoms with van der Waals surface area (Å²) in [5.41, 5.74) is 0.661. The molecule has 6 heteroatoms. The SMILES string of the molecule is Cc1ccncc1S(=O)(=O)N1CCC2(CC1)CC(C(C)C)C2O. The van der Waals surface area contributed by atoms with Gasteiger partial charge in [0.25, 0.3) is 0 Å². The van der Waals surface area contributed by atoms with E-state index < -0.39 is 10.0 Å². The van der Waals surface area contributed by atoms with Crippen molar-refractivity contribution in [3.05, 3.63) is 24.0 Å². The highest BCUT2D eigenvalue weighted by Gasteiger charge is 2.55. The first kappa shape index (κ1) is 16.9. The zero-order valence-electron chi connectivity index (χ0n) is 14.1. The van der Waals surface area contributed by atoms with Crippen molar-refractivity contribution in [3.8, 4) is 0 Å². The predicted molar refractivity (Wildman–Crippen MR) is 88.4 cm³/mol. The number of hydrogen-bond acceptors (Lipinski definition) is 4. The topological polar surface area (TPSA) is 70.5 Å². The zero-order chi connectivity index (χ0) is 16.8. The first-order chi connectivity index (χ1) is 10.8. The van der Waals surface area contributed by atoms with Gasteiger partial charge in [0.2, 0.25) is 10.0 Å². The molecule has 1 aliphatic carbocycles. The van der Waals surface area contributed by atoms with Gasteiger partial charge in [-0.15, -0.1) is 0 Å². The number of rotatable bonds is 3. The molecule has 1 N–H and O–H groups in total. The molecule has 1 saturated carbocycles. The Morgan fingerprint density at radius 3 is 2.52 bits per heavy atom. The second kappa shape index (κ2) is 5.83. The summed E-state index contributed by atoms with van der Waals surface area (Å²) in [4.78, 5) is 4.25. The molecule has 1 aliphatic heterocycles. The van der Waals surface area contributed by atoms with Crippen molar-refractivity contribution in [1.82, 2.24) is 9.29 Å². The largest absolute Gasteiger partial charge is 0.392 e. The van der Waals surface area contributed by atoms with E-state index in [1.54, 1.807) is 23.5 Å². The number of piperidine rings is 1. The van der Waals surface area contributed by atoms with Crippen LogP contribution in [0, 0.1) is 24.2 Å². The maximum atomic E-state index is 12.8. The smallest absolute Gasteiger partial charge is 0.244 e. The van der Waals surface area contributed by atoms with Gasteiger partial charge < -0.3 is 5.11 Å². The number of aliphatic hydroxyl groups excluding tert-OH is 1. The van der Waals surface area contributed by atoms with Gasteiger partial charge >= 0.3 is 0 Å². The standard InChI is InChI=1S/C17H26N2O3S/c1-12(2)14-10-17(16(14)20)5-8-19(9-6-17)23(21,22)15-11-18-7-4-13(15)3/h4,7,11-12,14,16,20H,5-6,8-10H2,1-3H3. The van der Waals surface area contributed by atoms with Crippen molar-refractivity contribution in [2.24, 2.45) is 17.3 Å². The van der Waals surface area contributed by atoms with Crippen LogP contribution in [-0.4, -0.2) is 42.0 Å². The molecule has 2 aliphatic rings. The lowest BCUT2D eigenvalue weighted by atomic mass is 9.53. The normalized spacial score (nSPS) is 28.0. The first-order valence-electron chi connectivity index (χ1n) is 8.37. The van der Waals surface area contributed by atoms with Crippen molar-refractivity contribution < 1.29 is 13.5 Å². The lowest BCUT2D eigenvalue weighted by Gasteiger charge is -2.57. The van der Waals surface area contributed by atoms with E-state index in [9.17, 15) is 13.5 Å². The Morgan fingerprint density at radius 1 is 1.35 bits per heavy atom. The summed E-state index contributed by atoms with van der Waals surface area (Å²) in [6.45, 7) is 7.05. The molecule has 1 aromatic rings. The van der Waals surface area contributed by atoms with Gasteiger partial charge in [0, 0.05) is 25.5 Å². The number of aliphatic hydroxyl groups is 1. The summed E-state index contributed by atoms with van der Waals surface area (Å²) >= 11 is 0. The second-order valence-electron chi connectivity index (χ2n) is 7.46. The van der Waals surface area contributed by atoms with Crippen molar-refractivity contribution >= 4 is 10.0 Å². The average Bonchev–Trinajstić information content (AvgIpc) is 2.52. The van der Waals surface area contributed by atoms with Crippen LogP contribution < -0.4 is 0 Å². The Bertz CT molecular complexity index is 679. The van der Waals surface area contributed by atoms with E-state index in [-0.39, 0.29) is 11.5 Å². The fraction of sp³-hybridized carbons (Fsp3) is 0.706. The average molecular weight is 338 g/mol. The molecule has 128 valence electrons. The minimum absolute atomic E-state index is 0.0645. The number of hydrogen-bond donors (Lipinski definition) is 1. The predicted octanol–water partition coefficient (Wildman–Crippen LogP) is 2.20. The van der Waals surface area contributed by atoms with Gasteiger partial charge in [-0.2, -0.15) is 4.31 Å². The lowest BCUT2D eigenvalue weighted by Crippen LogP contribution is -2.59. The molecule has 0 aromatic carbocycles. The van der Waals surface area contributed by atoms with Crippen molar-refractivity contribution in [2.75, 3.05) is 13.1 Å². The van der Waals surface area contributed by atoms with Crippen LogP contribution in [-0.2, 0) is 10.0 Å². The highest BCUT2D eigenvalue weighted by atomic mass is 32.2. The van der Waals surface area contributed by atoms with Crippen LogP contribution in [0.2, 0.25) is 0 Å². The lowest BCUT2D eigenvalue weighted by molar-refractivity contribution is -0.156. The molecule has 1 spiro atoms. The van der Waals surface area contributed by atoms with Crippen LogP contribution in [0.1, 0.15) is 38.7 Å². The number of aryl methyl sites for hydroxylation is 1. The van der Waals surface area contributed by atoms with E-state index in [4.69, 9.17) is 0 Å². The molecule has 2 unspecified atom stereocenters. The van der Waals surface area contributed by atoms with Gasteiger partial charge in [0.15, 0.2) is 0 Å². The quantitative estimate of drug-likeness (QED) is 0.917. The third-order valence-corrected chi connectivity index (χ3v) is 7.89. The number of aromatic nitrogens is 1. The van der Waals surface area contributed by atoms with Crippen molar-refractivity contribution in [2.45, 2.75) is 51.0 Å². The van der Waals surface area contributed by atoms with Crippen LogP contribution in [0.3, 0.4) is 0 Å². The number of pyridine rings is 1. The third-order valence-electron chi connectivity index (χ3n) is 5.86. The zero-order valence-corrected chi connectivity index (χ0v) is 14.9. The summed E-state index contributed by atoms with van der Waals surface area (Å²) in [7, 11) is -3.49. The first-order valence-corrected chi connectivity index (χ1v) is 9.81. The van der Waals surface area contributed by atoms with E-state index in [2.05, 4.69) is 18.8 Å². The molecule has 2 atom stereocenters. The fourth-order valence-corrected chi connectivity index (χ4v) is 5.74. The van der Waals surface area contributed by atoms with Crippen molar-refractivity contribution in [1.29, 1.82) is 0 Å². The molecule has 1 saturated heterocycles. The summed E-state index contributed by atoms with van der Waals surface area (Å²) < 4.78 is 27.2. The second-order valence-corrected chi connectivity index (χ2v) is 9.37. The van der Waals surface area contributed by atoms with E-state index in [0.717, 1.165) is 24.8 Å². The van der Waals surface area contributed by atoms with Gasteiger partial charge in [-0.05, 0) is 55.1 Å². The molecule has 23 heavy (non-hydrogen) atoms. The van der Waals surface area contributed by atoms with E-state index in [1.807, 2.05) is 0 Å². The van der Waals surface area contributed by atoms with E-state index in [0.29, 0.717) is 29.8 Å². The number of nitrogens with zero attached hydrogens (tertiary/aromatic N) is 2. The van der Waals surface area contributed by atoms with Gasteiger partial charge in [-0.25, -0.2) is 8.42 Å². The van der Waals surface area contributed by atoms with Crippen molar-refractivity contribution in [3.63, 3.8) is 0 Å². The van der Waals surface area contributed by atoms with Gasteiger partial charge in [0.05, 0.1) is 6.10 Å². The van der Waals surface area contributed by atoms with Crippen LogP contribution in [0.25, 0.3) is 0 Å². The molecule has 5 nitrogen and oxygen atoms in total. The van der Waals surface area contributed by atoms with Crippen LogP contribution in [0.5, 0.6) is 0 Å². The fourth-order valence-electron chi connectivity index (χ4n) is 4.13. The van der Waals surface area contributed by atoms with Crippen LogP contribution >= 0.6 is 0 Å². The minimum atomic E-state index is -3.49. The molecular formula is C17H26N2O3S. The molecule has 3 rings (SSSR count). The molecular weight excluding hydrogens is 312 g/mol. The van der Waals surface area contributed by atoms with E-state index in [1.165, 1.54) is 6.20 Å². The monoisotopic (exact) mass is 338 g/mol. The van der Waals surface area contributed by atoms with E-state index >= 15 is 0 Å². The number of sulfonamides is 1. The highest BCUT2D eigenvalue weighted by molar-refractivity contribution is 7.89. The third kappa shape index (κ3) is 2.71. The molecule has 0 amide bonds. The van der Waals surface area contributed by atoms with Gasteiger partial charge in [-0.1, -0.05) is 13.8 Å². The maximum Gasteiger partial charge on any atom is 0.244 e. The minimum Gasteiger partial charge on any atom is -0.392 e. The molecule has 1 aromatic heterocycles. The van der Waals surface area contributed by atoms with Crippen LogP contribution in [0.4, 0.5) is 0 Å². The molecule has 2 fully saturated rings.